The average Bonchev–Trinajstić information content (AvgIpc) is 3.52. The third-order valence-corrected chi connectivity index (χ3v) is 9.55. The van der Waals surface area contributed by atoms with E-state index in [1.165, 1.54) is 128 Å². The number of unbranched alkanes of at least 4 members (excludes halogenated alkanes) is 17. The molecule has 0 bridgehead atoms. The minimum atomic E-state index is -4.27. The molecule has 1 aliphatic heterocycles. The maximum absolute atomic E-state index is 10.4. The Morgan fingerprint density at radius 1 is 0.745 bits per heavy atom. The molecule has 1 aromatic carbocycles. The van der Waals surface area contributed by atoms with Gasteiger partial charge in [-0.1, -0.05) is 127 Å². The molecule has 7 nitrogen and oxygen atoms in total. The van der Waals surface area contributed by atoms with E-state index in [-0.39, 0.29) is 17.3 Å². The van der Waals surface area contributed by atoms with Crippen molar-refractivity contribution in [1.29, 1.82) is 0 Å². The number of aryl methyl sites for hydroxylation is 2. The molecule has 1 aliphatic rings. The molecule has 8 heteroatoms. The molecule has 0 saturated carbocycles. The van der Waals surface area contributed by atoms with Crippen molar-refractivity contribution in [3.63, 3.8) is 0 Å². The van der Waals surface area contributed by atoms with Gasteiger partial charge in [0.25, 0.3) is 0 Å². The van der Waals surface area contributed by atoms with E-state index < -0.39 is 10.1 Å². The van der Waals surface area contributed by atoms with Crippen molar-refractivity contribution in [2.45, 2.75) is 166 Å². The van der Waals surface area contributed by atoms with E-state index in [2.05, 4.69) is 42.1 Å². The molecule has 0 spiro atoms. The second kappa shape index (κ2) is 27.0. The maximum Gasteiger partial charge on any atom is 0.168 e. The molecule has 1 fully saturated rings. The minimum Gasteiger partial charge on any atom is -0.744 e. The Hall–Kier alpha value is -1.84. The predicted octanol–water partition coefficient (Wildman–Crippen LogP) is 9.45. The third-order valence-electron chi connectivity index (χ3n) is 8.70. The van der Waals surface area contributed by atoms with E-state index >= 15 is 0 Å². The zero-order chi connectivity index (χ0) is 33.8. The molecule has 1 saturated heterocycles. The summed E-state index contributed by atoms with van der Waals surface area (Å²) in [4.78, 5) is -0.178. The molecule has 1 aromatic heterocycles. The number of benzene rings is 1. The van der Waals surface area contributed by atoms with Gasteiger partial charge in [-0.25, -0.2) is 13.0 Å². The van der Waals surface area contributed by atoms with E-state index in [1.54, 1.807) is 12.1 Å². The van der Waals surface area contributed by atoms with Crippen molar-refractivity contribution in [2.24, 2.45) is 0 Å². The van der Waals surface area contributed by atoms with E-state index in [1.807, 2.05) is 6.92 Å². The monoisotopic (exact) mass is 675 g/mol. The van der Waals surface area contributed by atoms with Crippen LogP contribution in [-0.2, 0) is 30.9 Å². The first kappa shape index (κ1) is 41.3. The summed E-state index contributed by atoms with van der Waals surface area (Å²) in [6, 6.07) is 12.0. The van der Waals surface area contributed by atoms with Gasteiger partial charge in [0.2, 0.25) is 0 Å². The van der Waals surface area contributed by atoms with Crippen LogP contribution >= 0.6 is 0 Å². The lowest BCUT2D eigenvalue weighted by Gasteiger charge is -2.12. The van der Waals surface area contributed by atoms with Gasteiger partial charge >= 0.3 is 0 Å². The number of hydrogen-bond acceptors (Lipinski definition) is 6. The van der Waals surface area contributed by atoms with Gasteiger partial charge in [0, 0.05) is 25.2 Å². The van der Waals surface area contributed by atoms with Crippen molar-refractivity contribution < 1.29 is 31.7 Å². The topological polar surface area (TPSA) is 88.8 Å². The first-order chi connectivity index (χ1) is 22.9. The summed E-state index contributed by atoms with van der Waals surface area (Å²) >= 11 is 0. The molecular weight excluding hydrogens is 610 g/mol. The molecule has 0 amide bonds. The van der Waals surface area contributed by atoms with Gasteiger partial charge in [0.05, 0.1) is 18.1 Å². The lowest BCUT2D eigenvalue weighted by molar-refractivity contribution is -0.697. The van der Waals surface area contributed by atoms with Gasteiger partial charge in [0.15, 0.2) is 18.7 Å². The number of rotatable bonds is 26. The summed E-state index contributed by atoms with van der Waals surface area (Å²) in [7, 11) is -4.27. The fourth-order valence-corrected chi connectivity index (χ4v) is 6.25. The standard InChI is InChI=1S/C32H58NO3.C7H8O3S/c1-2-3-4-5-6-7-8-9-10-11-12-13-14-15-19-24-32-35-30-31(36-32)29-34-28-23-17-16-20-25-33-26-21-18-22-27-33;1-6-2-4-7(5-3-6)11(8,9)10/h18,21-22,26-27,31-32H,2-17,19-20,23-25,28-30H2,1H3;2-5H,1H3,(H,8,9,10)/q+1;/p-1. The van der Waals surface area contributed by atoms with Gasteiger partial charge in [0.1, 0.15) is 22.8 Å². The molecular formula is C39H65NO6S. The summed E-state index contributed by atoms with van der Waals surface area (Å²) in [5, 5.41) is 0. The van der Waals surface area contributed by atoms with Crippen molar-refractivity contribution >= 4 is 10.1 Å². The van der Waals surface area contributed by atoms with Crippen LogP contribution in [0.1, 0.15) is 141 Å². The van der Waals surface area contributed by atoms with E-state index in [4.69, 9.17) is 14.2 Å². The Labute approximate surface area is 287 Å². The van der Waals surface area contributed by atoms with Crippen molar-refractivity contribution in [3.05, 3.63) is 60.4 Å². The fraction of sp³-hybridized carbons (Fsp3) is 0.718. The molecule has 3 rings (SSSR count). The normalized spacial score (nSPS) is 16.2. The molecule has 2 aromatic rings. The molecule has 0 aliphatic carbocycles. The number of pyridine rings is 1. The highest BCUT2D eigenvalue weighted by molar-refractivity contribution is 7.85. The first-order valence-electron chi connectivity index (χ1n) is 18.7. The SMILES string of the molecule is CCCCCCCCCCCCCCCCCC1OCC(COCCCCCC[n+]2ccccc2)O1.Cc1ccc(S(=O)(=O)[O-])cc1. The summed E-state index contributed by atoms with van der Waals surface area (Å²) in [6.07, 6.45) is 31.4. The molecule has 0 radical (unpaired) electrons. The molecule has 268 valence electrons. The van der Waals surface area contributed by atoms with Crippen LogP contribution in [0.3, 0.4) is 0 Å². The Morgan fingerprint density at radius 2 is 1.28 bits per heavy atom. The van der Waals surface area contributed by atoms with Crippen LogP contribution in [0.25, 0.3) is 0 Å². The second-order valence-corrected chi connectivity index (χ2v) is 14.5. The van der Waals surface area contributed by atoms with Crippen molar-refractivity contribution in [1.82, 2.24) is 0 Å². The molecule has 2 heterocycles. The lowest BCUT2D eigenvalue weighted by atomic mass is 10.0. The number of hydrogen-bond donors (Lipinski definition) is 0. The van der Waals surface area contributed by atoms with Gasteiger partial charge in [-0.2, -0.15) is 0 Å². The van der Waals surface area contributed by atoms with Gasteiger partial charge < -0.3 is 18.8 Å². The highest BCUT2D eigenvalue weighted by Gasteiger charge is 2.25. The molecule has 2 atom stereocenters. The zero-order valence-electron chi connectivity index (χ0n) is 29.6. The van der Waals surface area contributed by atoms with Crippen molar-refractivity contribution in [2.75, 3.05) is 19.8 Å². The quantitative estimate of drug-likeness (QED) is 0.0561. The van der Waals surface area contributed by atoms with E-state index in [0.29, 0.717) is 13.2 Å². The number of nitrogens with zero attached hydrogens (tertiary/aromatic N) is 1. The van der Waals surface area contributed by atoms with Crippen LogP contribution < -0.4 is 4.57 Å². The summed E-state index contributed by atoms with van der Waals surface area (Å²) < 4.78 is 51.1. The minimum absolute atomic E-state index is 0.00365. The molecule has 47 heavy (non-hydrogen) atoms. The molecule has 2 unspecified atom stereocenters. The highest BCUT2D eigenvalue weighted by atomic mass is 32.2. The average molecular weight is 676 g/mol. The zero-order valence-corrected chi connectivity index (χ0v) is 30.4. The Morgan fingerprint density at radius 3 is 1.85 bits per heavy atom. The van der Waals surface area contributed by atoms with Crippen LogP contribution in [0.4, 0.5) is 0 Å². The fourth-order valence-electron chi connectivity index (χ4n) is 5.78. The van der Waals surface area contributed by atoms with E-state index in [0.717, 1.165) is 31.6 Å². The van der Waals surface area contributed by atoms with Gasteiger partial charge in [-0.05, 0) is 44.7 Å². The molecule has 0 N–H and O–H groups in total. The van der Waals surface area contributed by atoms with Crippen LogP contribution in [0.15, 0.2) is 59.8 Å². The summed E-state index contributed by atoms with van der Waals surface area (Å²) in [6.45, 7) is 7.42. The van der Waals surface area contributed by atoms with E-state index in [9.17, 15) is 13.0 Å². The number of aromatic nitrogens is 1. The van der Waals surface area contributed by atoms with Crippen LogP contribution in [-0.4, -0.2) is 45.2 Å². The maximum atomic E-state index is 10.4. The van der Waals surface area contributed by atoms with Gasteiger partial charge in [-0.15, -0.1) is 0 Å². The highest BCUT2D eigenvalue weighted by Crippen LogP contribution is 2.19. The Bertz CT molecular complexity index is 1100. The second-order valence-electron chi connectivity index (χ2n) is 13.1. The first-order valence-corrected chi connectivity index (χ1v) is 20.1. The Kier molecular flexibility index (Phi) is 23.8. The van der Waals surface area contributed by atoms with Crippen molar-refractivity contribution in [3.8, 4) is 0 Å². The largest absolute Gasteiger partial charge is 0.744 e. The van der Waals surface area contributed by atoms with Gasteiger partial charge in [-0.3, -0.25) is 0 Å². The number of ether oxygens (including phenoxy) is 3. The predicted molar refractivity (Wildman–Crippen MR) is 189 cm³/mol. The smallest absolute Gasteiger partial charge is 0.168 e. The Balaban J connectivity index is 0.000000587. The lowest BCUT2D eigenvalue weighted by Crippen LogP contribution is -2.32. The van der Waals surface area contributed by atoms with Crippen LogP contribution in [0.2, 0.25) is 0 Å². The van der Waals surface area contributed by atoms with Crippen LogP contribution in [0.5, 0.6) is 0 Å². The van der Waals surface area contributed by atoms with Crippen LogP contribution in [0, 0.1) is 6.92 Å². The summed E-state index contributed by atoms with van der Waals surface area (Å²) in [5.74, 6) is 0. The third kappa shape index (κ3) is 22.4. The summed E-state index contributed by atoms with van der Waals surface area (Å²) in [5.41, 5.74) is 0.928.